The zero-order chi connectivity index (χ0) is 40.4. The summed E-state index contributed by atoms with van der Waals surface area (Å²) in [6, 6.07) is 34.9. The molecule has 0 amide bonds. The lowest BCUT2D eigenvalue weighted by Crippen LogP contribution is -2.43. The van der Waals surface area contributed by atoms with Crippen molar-refractivity contribution >= 4 is 59.2 Å². The second-order valence-corrected chi connectivity index (χ2v) is 28.8. The predicted molar refractivity (Wildman–Crippen MR) is 253 cm³/mol. The van der Waals surface area contributed by atoms with Crippen LogP contribution in [0.15, 0.2) is 97.1 Å². The minimum Gasteiger partial charge on any atom is -0.125 e. The van der Waals surface area contributed by atoms with Crippen LogP contribution in [0.5, 0.6) is 0 Å². The van der Waals surface area contributed by atoms with Gasteiger partial charge in [-0.2, -0.15) is 0 Å². The SMILES string of the molecule is CC(C)[Si](C#Cc1ccc2cc3ccccc3c(C#CC#Cc3c4ccccc4cc4ccc(C#C[Si](C(C)C)(C(C)C)C(C)C)cc34)c2c1)(C(C)C)C(C)C. The Labute approximate surface area is 339 Å². The molecule has 0 fully saturated rings. The first kappa shape index (κ1) is 40.7. The minimum absolute atomic E-state index is 0.582. The normalized spacial score (nSPS) is 12.0. The van der Waals surface area contributed by atoms with Crippen LogP contribution in [0.4, 0.5) is 0 Å². The zero-order valence-corrected chi connectivity index (χ0v) is 37.7. The Hall–Kier alpha value is -4.97. The van der Waals surface area contributed by atoms with E-state index < -0.39 is 16.1 Å². The van der Waals surface area contributed by atoms with Crippen LogP contribution >= 0.6 is 0 Å². The Morgan fingerprint density at radius 3 is 1.00 bits per heavy atom. The molecular weight excluding hydrogens is 705 g/mol. The Balaban J connectivity index is 1.50. The quantitative estimate of drug-likeness (QED) is 0.0900. The van der Waals surface area contributed by atoms with E-state index in [4.69, 9.17) is 0 Å². The van der Waals surface area contributed by atoms with Gasteiger partial charge >= 0.3 is 0 Å². The number of rotatable bonds is 6. The molecule has 0 saturated heterocycles. The molecule has 0 aromatic heterocycles. The fourth-order valence-electron chi connectivity index (χ4n) is 9.96. The summed E-state index contributed by atoms with van der Waals surface area (Å²) in [4.78, 5) is 0. The summed E-state index contributed by atoms with van der Waals surface area (Å²) < 4.78 is 0. The maximum absolute atomic E-state index is 3.93. The second-order valence-electron chi connectivity index (χ2n) is 17.6. The average molecular weight is 763 g/mol. The molecule has 0 radical (unpaired) electrons. The molecule has 0 nitrogen and oxygen atoms in total. The van der Waals surface area contributed by atoms with E-state index in [-0.39, 0.29) is 0 Å². The van der Waals surface area contributed by atoms with Gasteiger partial charge in [0, 0.05) is 22.3 Å². The molecule has 2 heteroatoms. The Bertz CT molecular complexity index is 2460. The highest BCUT2D eigenvalue weighted by atomic mass is 28.3. The standard InChI is InChI=1S/C54H58Si2/c1-37(2)55(38(3)4,39(5)6)31-29-43-25-27-47-35-45-19-13-15-21-49(45)51(53(47)33-43)23-17-18-24-52-50-22-16-14-20-46(50)36-48-28-26-44(34-54(48)52)30-32-56(40(7)8,41(9)10)42(11)12/h13-16,19-22,25-28,33-42H,1-12H3. The summed E-state index contributed by atoms with van der Waals surface area (Å²) in [6.07, 6.45) is 0. The third kappa shape index (κ3) is 7.60. The van der Waals surface area contributed by atoms with Gasteiger partial charge in [-0.25, -0.2) is 0 Å². The van der Waals surface area contributed by atoms with Crippen molar-refractivity contribution in [2.24, 2.45) is 0 Å². The first-order valence-corrected chi connectivity index (χ1v) is 25.2. The van der Waals surface area contributed by atoms with Gasteiger partial charge in [-0.3, -0.25) is 0 Å². The van der Waals surface area contributed by atoms with Crippen LogP contribution in [0.25, 0.3) is 43.1 Å². The number of hydrogen-bond acceptors (Lipinski definition) is 0. The number of hydrogen-bond donors (Lipinski definition) is 0. The summed E-state index contributed by atoms with van der Waals surface area (Å²) in [6.45, 7) is 28.4. The molecule has 0 aliphatic rings. The van der Waals surface area contributed by atoms with Crippen molar-refractivity contribution in [1.29, 1.82) is 0 Å². The van der Waals surface area contributed by atoms with Crippen molar-refractivity contribution in [2.75, 3.05) is 0 Å². The molecule has 6 aromatic rings. The maximum Gasteiger partial charge on any atom is 0.146 e. The van der Waals surface area contributed by atoms with Gasteiger partial charge in [0.15, 0.2) is 0 Å². The lowest BCUT2D eigenvalue weighted by atomic mass is 9.95. The molecule has 6 aromatic carbocycles. The van der Waals surface area contributed by atoms with Crippen molar-refractivity contribution in [2.45, 2.75) is 116 Å². The van der Waals surface area contributed by atoms with E-state index in [1.807, 2.05) is 0 Å². The lowest BCUT2D eigenvalue weighted by Gasteiger charge is -2.38. The zero-order valence-electron chi connectivity index (χ0n) is 35.7. The molecule has 0 saturated carbocycles. The molecule has 0 bridgehead atoms. The van der Waals surface area contributed by atoms with Gasteiger partial charge in [-0.1, -0.05) is 167 Å². The van der Waals surface area contributed by atoms with E-state index in [9.17, 15) is 0 Å². The minimum atomic E-state index is -1.88. The van der Waals surface area contributed by atoms with Crippen LogP contribution in [-0.4, -0.2) is 16.1 Å². The van der Waals surface area contributed by atoms with Gasteiger partial charge in [0.25, 0.3) is 0 Å². The van der Waals surface area contributed by atoms with Crippen LogP contribution in [0, 0.1) is 46.6 Å². The third-order valence-corrected chi connectivity index (χ3v) is 25.3. The highest BCUT2D eigenvalue weighted by molar-refractivity contribution is 6.91. The molecule has 282 valence electrons. The fraction of sp³-hybridized carbons (Fsp3) is 0.333. The van der Waals surface area contributed by atoms with Crippen molar-refractivity contribution in [3.8, 4) is 46.6 Å². The van der Waals surface area contributed by atoms with E-state index >= 15 is 0 Å². The van der Waals surface area contributed by atoms with Crippen LogP contribution < -0.4 is 0 Å². The lowest BCUT2D eigenvalue weighted by molar-refractivity contribution is 0.838. The van der Waals surface area contributed by atoms with Crippen LogP contribution in [0.1, 0.15) is 105 Å². The van der Waals surface area contributed by atoms with Gasteiger partial charge in [-0.05, 0) is 125 Å². The first-order valence-electron chi connectivity index (χ1n) is 20.7. The monoisotopic (exact) mass is 762 g/mol. The molecule has 0 aliphatic heterocycles. The first-order chi connectivity index (χ1) is 26.7. The largest absolute Gasteiger partial charge is 0.146 e. The van der Waals surface area contributed by atoms with E-state index in [2.05, 4.69) is 227 Å². The highest BCUT2D eigenvalue weighted by Crippen LogP contribution is 2.42. The molecule has 0 N–H and O–H groups in total. The molecule has 0 aliphatic carbocycles. The average Bonchev–Trinajstić information content (AvgIpc) is 3.15. The molecule has 0 spiro atoms. The summed E-state index contributed by atoms with van der Waals surface area (Å²) in [5, 5.41) is 9.20. The molecule has 0 unspecified atom stereocenters. The molecule has 0 heterocycles. The Kier molecular flexibility index (Phi) is 12.1. The van der Waals surface area contributed by atoms with Gasteiger partial charge in [0.1, 0.15) is 16.1 Å². The second kappa shape index (κ2) is 16.6. The molecule has 6 rings (SSSR count). The van der Waals surface area contributed by atoms with E-state index in [0.29, 0.717) is 33.2 Å². The van der Waals surface area contributed by atoms with Crippen molar-refractivity contribution < 1.29 is 0 Å². The molecular formula is C54H58Si2. The Morgan fingerprint density at radius 1 is 0.339 bits per heavy atom. The van der Waals surface area contributed by atoms with Crippen LogP contribution in [-0.2, 0) is 0 Å². The summed E-state index contributed by atoms with van der Waals surface area (Å²) in [7, 11) is -3.75. The van der Waals surface area contributed by atoms with Gasteiger partial charge < -0.3 is 0 Å². The van der Waals surface area contributed by atoms with E-state index in [0.717, 1.165) is 43.8 Å². The van der Waals surface area contributed by atoms with E-state index in [1.54, 1.807) is 0 Å². The third-order valence-electron chi connectivity index (χ3n) is 12.7. The summed E-state index contributed by atoms with van der Waals surface area (Å²) >= 11 is 0. The van der Waals surface area contributed by atoms with Crippen LogP contribution in [0.3, 0.4) is 0 Å². The Morgan fingerprint density at radius 2 is 0.661 bits per heavy atom. The van der Waals surface area contributed by atoms with Gasteiger partial charge in [-0.15, -0.1) is 11.1 Å². The molecule has 56 heavy (non-hydrogen) atoms. The topological polar surface area (TPSA) is 0 Å². The van der Waals surface area contributed by atoms with E-state index in [1.165, 1.54) is 21.5 Å². The van der Waals surface area contributed by atoms with Crippen LogP contribution in [0.2, 0.25) is 33.2 Å². The van der Waals surface area contributed by atoms with Crippen molar-refractivity contribution in [1.82, 2.24) is 0 Å². The predicted octanol–water partition coefficient (Wildman–Crippen LogP) is 14.8. The summed E-state index contributed by atoms with van der Waals surface area (Å²) in [5.74, 6) is 21.1. The maximum atomic E-state index is 3.93. The summed E-state index contributed by atoms with van der Waals surface area (Å²) in [5.41, 5.74) is 15.5. The van der Waals surface area contributed by atoms with Gasteiger partial charge in [0.2, 0.25) is 0 Å². The smallest absolute Gasteiger partial charge is 0.125 e. The number of benzene rings is 6. The fourth-order valence-corrected chi connectivity index (χ4v) is 20.4. The van der Waals surface area contributed by atoms with Crippen molar-refractivity contribution in [3.05, 3.63) is 119 Å². The van der Waals surface area contributed by atoms with Crippen molar-refractivity contribution in [3.63, 3.8) is 0 Å². The molecule has 0 atom stereocenters. The van der Waals surface area contributed by atoms with Gasteiger partial charge in [0.05, 0.1) is 0 Å². The highest BCUT2D eigenvalue weighted by Gasteiger charge is 2.42. The number of fused-ring (bicyclic) bond motifs is 4.